The summed E-state index contributed by atoms with van der Waals surface area (Å²) in [5, 5.41) is 5.63. The number of benzene rings is 1. The second-order valence-corrected chi connectivity index (χ2v) is 5.23. The molecule has 0 aliphatic rings. The zero-order valence-corrected chi connectivity index (χ0v) is 12.6. The average molecular weight is 311 g/mol. The van der Waals surface area contributed by atoms with E-state index < -0.39 is 0 Å². The number of hydrogen-bond acceptors (Lipinski definition) is 4. The Balaban J connectivity index is 2.04. The van der Waals surface area contributed by atoms with Gasteiger partial charge in [0.1, 0.15) is 5.01 Å². The van der Waals surface area contributed by atoms with E-state index in [-0.39, 0.29) is 5.91 Å². The Bertz CT molecular complexity index is 569. The lowest BCUT2D eigenvalue weighted by Gasteiger charge is -2.05. The first-order chi connectivity index (χ1) is 9.74. The number of carbonyl (C=O) groups is 1. The lowest BCUT2D eigenvalue weighted by atomic mass is 10.1. The standard InChI is InChI=1S/C14H15ClN2O2S/c1-19-7-6-16-13(18)10-2-4-11(5-3-10)14-17-12(8-15)9-20-14/h2-5,9H,6-8H2,1H3,(H,16,18). The molecular weight excluding hydrogens is 296 g/mol. The van der Waals surface area contributed by atoms with Gasteiger partial charge in [0.15, 0.2) is 0 Å². The lowest BCUT2D eigenvalue weighted by molar-refractivity contribution is 0.0937. The van der Waals surface area contributed by atoms with Crippen LogP contribution in [0.5, 0.6) is 0 Å². The van der Waals surface area contributed by atoms with Gasteiger partial charge in [0.05, 0.1) is 18.2 Å². The van der Waals surface area contributed by atoms with Crippen LogP contribution in [-0.2, 0) is 10.6 Å². The van der Waals surface area contributed by atoms with Crippen molar-refractivity contribution in [3.05, 3.63) is 40.9 Å². The highest BCUT2D eigenvalue weighted by Crippen LogP contribution is 2.24. The van der Waals surface area contributed by atoms with Crippen molar-refractivity contribution in [1.29, 1.82) is 0 Å². The minimum Gasteiger partial charge on any atom is -0.383 e. The van der Waals surface area contributed by atoms with Gasteiger partial charge in [0.25, 0.3) is 5.91 Å². The van der Waals surface area contributed by atoms with Crippen LogP contribution in [0.4, 0.5) is 0 Å². The third kappa shape index (κ3) is 3.79. The number of methoxy groups -OCH3 is 1. The Labute approximate surface area is 126 Å². The van der Waals surface area contributed by atoms with E-state index in [1.165, 1.54) is 0 Å². The van der Waals surface area contributed by atoms with E-state index in [0.29, 0.717) is 24.6 Å². The van der Waals surface area contributed by atoms with E-state index >= 15 is 0 Å². The van der Waals surface area contributed by atoms with Crippen LogP contribution in [0.3, 0.4) is 0 Å². The Morgan fingerprint density at radius 3 is 2.75 bits per heavy atom. The molecule has 2 aromatic rings. The van der Waals surface area contributed by atoms with Crippen LogP contribution >= 0.6 is 22.9 Å². The number of nitrogens with one attached hydrogen (secondary N) is 1. The van der Waals surface area contributed by atoms with E-state index in [1.807, 2.05) is 17.5 Å². The molecule has 1 aromatic heterocycles. The van der Waals surface area contributed by atoms with Gasteiger partial charge in [-0.3, -0.25) is 4.79 Å². The van der Waals surface area contributed by atoms with Gasteiger partial charge in [0.2, 0.25) is 0 Å². The quantitative estimate of drug-likeness (QED) is 0.659. The summed E-state index contributed by atoms with van der Waals surface area (Å²) in [6.07, 6.45) is 0. The minimum atomic E-state index is -0.103. The predicted octanol–water partition coefficient (Wildman–Crippen LogP) is 2.93. The van der Waals surface area contributed by atoms with Crippen molar-refractivity contribution in [2.24, 2.45) is 0 Å². The van der Waals surface area contributed by atoms with Crippen LogP contribution in [0.2, 0.25) is 0 Å². The van der Waals surface area contributed by atoms with Crippen LogP contribution in [0.15, 0.2) is 29.6 Å². The summed E-state index contributed by atoms with van der Waals surface area (Å²) >= 11 is 7.28. The van der Waals surface area contributed by atoms with Crippen molar-refractivity contribution < 1.29 is 9.53 Å². The molecule has 0 bridgehead atoms. The summed E-state index contributed by atoms with van der Waals surface area (Å²) in [4.78, 5) is 16.2. The molecule has 106 valence electrons. The first-order valence-corrected chi connectivity index (χ1v) is 7.54. The van der Waals surface area contributed by atoms with Crippen LogP contribution in [0.1, 0.15) is 16.1 Å². The molecule has 0 aliphatic carbocycles. The largest absolute Gasteiger partial charge is 0.383 e. The number of halogens is 1. The van der Waals surface area contributed by atoms with Gasteiger partial charge in [-0.05, 0) is 12.1 Å². The Morgan fingerprint density at radius 1 is 1.40 bits per heavy atom. The van der Waals surface area contributed by atoms with Gasteiger partial charge in [0, 0.05) is 30.2 Å². The number of thiazole rings is 1. The Hall–Kier alpha value is -1.43. The molecule has 4 nitrogen and oxygen atoms in total. The number of aromatic nitrogens is 1. The number of ether oxygens (including phenoxy) is 1. The summed E-state index contributed by atoms with van der Waals surface area (Å²) in [6, 6.07) is 7.36. The van der Waals surface area contributed by atoms with Gasteiger partial charge in [-0.2, -0.15) is 0 Å². The van der Waals surface area contributed by atoms with Crippen molar-refractivity contribution in [1.82, 2.24) is 10.3 Å². The predicted molar refractivity (Wildman–Crippen MR) is 81.3 cm³/mol. The summed E-state index contributed by atoms with van der Waals surface area (Å²) in [6.45, 7) is 1.01. The Morgan fingerprint density at radius 2 is 2.15 bits per heavy atom. The maximum atomic E-state index is 11.8. The molecule has 0 atom stereocenters. The number of nitrogens with zero attached hydrogens (tertiary/aromatic N) is 1. The number of hydrogen-bond donors (Lipinski definition) is 1. The molecule has 20 heavy (non-hydrogen) atoms. The smallest absolute Gasteiger partial charge is 0.251 e. The maximum absolute atomic E-state index is 11.8. The number of alkyl halides is 1. The molecule has 0 saturated carbocycles. The Kier molecular flexibility index (Phi) is 5.52. The fourth-order valence-corrected chi connectivity index (χ4v) is 2.69. The summed E-state index contributed by atoms with van der Waals surface area (Å²) in [7, 11) is 1.60. The molecule has 0 fully saturated rings. The highest BCUT2D eigenvalue weighted by molar-refractivity contribution is 7.13. The third-order valence-corrected chi connectivity index (χ3v) is 3.89. The van der Waals surface area contributed by atoms with E-state index in [2.05, 4.69) is 10.3 Å². The van der Waals surface area contributed by atoms with E-state index in [1.54, 1.807) is 30.6 Å². The molecule has 0 spiro atoms. The fourth-order valence-electron chi connectivity index (χ4n) is 1.63. The van der Waals surface area contributed by atoms with E-state index in [4.69, 9.17) is 16.3 Å². The van der Waals surface area contributed by atoms with Crippen LogP contribution in [-0.4, -0.2) is 31.2 Å². The third-order valence-electron chi connectivity index (χ3n) is 2.67. The molecule has 1 aromatic carbocycles. The van der Waals surface area contributed by atoms with Crippen LogP contribution in [0.25, 0.3) is 10.6 Å². The lowest BCUT2D eigenvalue weighted by Crippen LogP contribution is -2.26. The van der Waals surface area contributed by atoms with E-state index in [0.717, 1.165) is 16.3 Å². The summed E-state index contributed by atoms with van der Waals surface area (Å²) in [5.74, 6) is 0.311. The second-order valence-electron chi connectivity index (χ2n) is 4.10. The van der Waals surface area contributed by atoms with E-state index in [9.17, 15) is 4.79 Å². The molecule has 0 saturated heterocycles. The highest BCUT2D eigenvalue weighted by Gasteiger charge is 2.07. The molecular formula is C14H15ClN2O2S. The first kappa shape index (κ1) is 15.0. The minimum absolute atomic E-state index is 0.103. The van der Waals surface area contributed by atoms with Gasteiger partial charge in [-0.15, -0.1) is 22.9 Å². The highest BCUT2D eigenvalue weighted by atomic mass is 35.5. The number of rotatable bonds is 6. The molecule has 0 aliphatic heterocycles. The SMILES string of the molecule is COCCNC(=O)c1ccc(-c2nc(CCl)cs2)cc1. The summed E-state index contributed by atoms with van der Waals surface area (Å²) < 4.78 is 4.89. The topological polar surface area (TPSA) is 51.2 Å². The zero-order valence-electron chi connectivity index (χ0n) is 11.1. The van der Waals surface area contributed by atoms with Crippen molar-refractivity contribution in [3.63, 3.8) is 0 Å². The molecule has 1 N–H and O–H groups in total. The van der Waals surface area contributed by atoms with Crippen molar-refractivity contribution >= 4 is 28.8 Å². The van der Waals surface area contributed by atoms with Gasteiger partial charge < -0.3 is 10.1 Å². The van der Waals surface area contributed by atoms with Crippen LogP contribution < -0.4 is 5.32 Å². The second kappa shape index (κ2) is 7.38. The first-order valence-electron chi connectivity index (χ1n) is 6.12. The fraction of sp³-hybridized carbons (Fsp3) is 0.286. The number of carbonyl (C=O) groups excluding carboxylic acids is 1. The molecule has 2 rings (SSSR count). The molecule has 0 unspecified atom stereocenters. The van der Waals surface area contributed by atoms with Gasteiger partial charge in [-0.1, -0.05) is 12.1 Å². The molecule has 1 amide bonds. The maximum Gasteiger partial charge on any atom is 0.251 e. The van der Waals surface area contributed by atoms with Gasteiger partial charge in [-0.25, -0.2) is 4.98 Å². The normalized spacial score (nSPS) is 10.5. The molecule has 1 heterocycles. The van der Waals surface area contributed by atoms with Crippen molar-refractivity contribution in [2.45, 2.75) is 5.88 Å². The zero-order chi connectivity index (χ0) is 14.4. The number of amides is 1. The molecule has 6 heteroatoms. The van der Waals surface area contributed by atoms with Crippen molar-refractivity contribution in [2.75, 3.05) is 20.3 Å². The van der Waals surface area contributed by atoms with Crippen molar-refractivity contribution in [3.8, 4) is 10.6 Å². The average Bonchev–Trinajstić information content (AvgIpc) is 2.96. The van der Waals surface area contributed by atoms with Crippen LogP contribution in [0, 0.1) is 0 Å². The summed E-state index contributed by atoms with van der Waals surface area (Å²) in [5.41, 5.74) is 2.48. The monoisotopic (exact) mass is 310 g/mol. The van der Waals surface area contributed by atoms with Gasteiger partial charge >= 0.3 is 0 Å². The molecule has 0 radical (unpaired) electrons.